The lowest BCUT2D eigenvalue weighted by molar-refractivity contribution is -0.247. The largest absolute Gasteiger partial charge is 0.508 e. The van der Waals surface area contributed by atoms with Crippen molar-refractivity contribution in [2.75, 3.05) is 0 Å². The molecule has 0 amide bonds. The van der Waals surface area contributed by atoms with E-state index in [4.69, 9.17) is 4.74 Å². The van der Waals surface area contributed by atoms with Crippen molar-refractivity contribution in [3.63, 3.8) is 0 Å². The lowest BCUT2D eigenvalue weighted by Gasteiger charge is -2.61. The van der Waals surface area contributed by atoms with Crippen LogP contribution in [-0.4, -0.2) is 31.1 Å². The maximum absolute atomic E-state index is 12.3. The monoisotopic (exact) mass is 402 g/mol. The van der Waals surface area contributed by atoms with Crippen LogP contribution in [0.15, 0.2) is 30.3 Å². The van der Waals surface area contributed by atoms with Crippen molar-refractivity contribution in [1.82, 2.24) is 0 Å². The average molecular weight is 402 g/mol. The second-order valence-corrected chi connectivity index (χ2v) is 9.97. The summed E-state index contributed by atoms with van der Waals surface area (Å²) in [6, 6.07) is 7.01. The number of fused-ring (bicyclic) bond motifs is 1. The highest BCUT2D eigenvalue weighted by molar-refractivity contribution is 5.55. The molecular weight excluding hydrogens is 372 g/mol. The number of phenols is 4. The lowest BCUT2D eigenvalue weighted by Crippen LogP contribution is -2.70. The van der Waals surface area contributed by atoms with Crippen LogP contribution in [0.25, 0.3) is 0 Å². The summed E-state index contributed by atoms with van der Waals surface area (Å²) >= 11 is 0. The fraction of sp³-hybridized carbons (Fsp3) is 0.478. The van der Waals surface area contributed by atoms with Gasteiger partial charge in [-0.3, -0.25) is 0 Å². The van der Waals surface area contributed by atoms with Gasteiger partial charge >= 0.3 is 0 Å². The van der Waals surface area contributed by atoms with Gasteiger partial charge in [-0.05, 0) is 17.5 Å². The van der Waals surface area contributed by atoms with Gasteiger partial charge in [0, 0.05) is 35.1 Å². The molecule has 0 radical (unpaired) electrons. The maximum atomic E-state index is 12.3. The van der Waals surface area contributed by atoms with E-state index in [1.54, 1.807) is 6.07 Å². The van der Waals surface area contributed by atoms with E-state index in [2.05, 4.69) is 0 Å². The molecule has 1 aliphatic heterocycles. The van der Waals surface area contributed by atoms with E-state index in [0.717, 1.165) is 0 Å². The Morgan fingerprint density at radius 2 is 1.41 bits per heavy atom. The van der Waals surface area contributed by atoms with E-state index in [0.29, 0.717) is 11.1 Å². The summed E-state index contributed by atoms with van der Waals surface area (Å²) in [7, 11) is 0. The predicted molar refractivity (Wildman–Crippen MR) is 109 cm³/mol. The second-order valence-electron chi connectivity index (χ2n) is 9.97. The number of ether oxygens (including phenoxy) is 1. The standard InChI is InChI=1S/C23H30O6/c1-20(2,3)22(28)12-15-17(26)10-14(24)11-19(15)29-23(22,21(4,5)6)13-7-8-16(25)18(27)9-13/h7-11,24-28H,12H2,1-6H3. The van der Waals surface area contributed by atoms with E-state index in [9.17, 15) is 25.5 Å². The quantitative estimate of drug-likeness (QED) is 0.458. The van der Waals surface area contributed by atoms with Crippen molar-refractivity contribution >= 4 is 0 Å². The number of rotatable bonds is 1. The molecule has 2 aromatic rings. The molecule has 6 nitrogen and oxygen atoms in total. The van der Waals surface area contributed by atoms with Crippen LogP contribution < -0.4 is 4.74 Å². The first-order valence-electron chi connectivity index (χ1n) is 9.63. The Hall–Kier alpha value is -2.60. The van der Waals surface area contributed by atoms with Gasteiger partial charge in [0.2, 0.25) is 0 Å². The van der Waals surface area contributed by atoms with Crippen molar-refractivity contribution in [1.29, 1.82) is 0 Å². The van der Waals surface area contributed by atoms with E-state index in [1.165, 1.54) is 24.3 Å². The minimum atomic E-state index is -1.52. The number of hydrogen-bond acceptors (Lipinski definition) is 6. The Morgan fingerprint density at radius 1 is 0.793 bits per heavy atom. The molecule has 1 heterocycles. The Bertz CT molecular complexity index is 953. The number of phenolic OH excluding ortho intramolecular Hbond substituents is 4. The average Bonchev–Trinajstić information content (AvgIpc) is 2.55. The van der Waals surface area contributed by atoms with Gasteiger partial charge in [0.25, 0.3) is 0 Å². The van der Waals surface area contributed by atoms with Gasteiger partial charge in [-0.25, -0.2) is 0 Å². The molecule has 0 spiro atoms. The fourth-order valence-corrected chi connectivity index (χ4v) is 4.55. The van der Waals surface area contributed by atoms with Gasteiger partial charge in [-0.15, -0.1) is 0 Å². The maximum Gasteiger partial charge on any atom is 0.168 e. The van der Waals surface area contributed by atoms with Crippen molar-refractivity contribution in [3.05, 3.63) is 41.5 Å². The van der Waals surface area contributed by atoms with Gasteiger partial charge in [0.1, 0.15) is 22.8 Å². The van der Waals surface area contributed by atoms with Gasteiger partial charge in [-0.1, -0.05) is 47.6 Å². The van der Waals surface area contributed by atoms with Gasteiger partial charge < -0.3 is 30.3 Å². The van der Waals surface area contributed by atoms with Crippen LogP contribution in [0.4, 0.5) is 0 Å². The molecule has 0 saturated heterocycles. The van der Waals surface area contributed by atoms with Crippen molar-refractivity contribution < 1.29 is 30.3 Å². The molecule has 0 bridgehead atoms. The second kappa shape index (κ2) is 6.20. The zero-order valence-corrected chi connectivity index (χ0v) is 17.7. The van der Waals surface area contributed by atoms with Crippen LogP contribution in [0.3, 0.4) is 0 Å². The van der Waals surface area contributed by atoms with Gasteiger partial charge in [0.05, 0.1) is 0 Å². The highest BCUT2D eigenvalue weighted by atomic mass is 16.5. The highest BCUT2D eigenvalue weighted by Crippen LogP contribution is 2.61. The van der Waals surface area contributed by atoms with Crippen LogP contribution in [-0.2, 0) is 12.0 Å². The Kier molecular flexibility index (Phi) is 4.51. The zero-order valence-electron chi connectivity index (χ0n) is 17.7. The first kappa shape index (κ1) is 21.1. The van der Waals surface area contributed by atoms with E-state index in [-0.39, 0.29) is 35.2 Å². The van der Waals surface area contributed by atoms with Gasteiger partial charge in [0.15, 0.2) is 17.1 Å². The van der Waals surface area contributed by atoms with Crippen LogP contribution in [0, 0.1) is 10.8 Å². The Labute approximate surface area is 171 Å². The van der Waals surface area contributed by atoms with Crippen molar-refractivity contribution in [3.8, 4) is 28.7 Å². The SMILES string of the molecule is CC(C)(C)C1(O)Cc2c(O)cc(O)cc2OC1(c1ccc(O)c(O)c1)C(C)(C)C. The minimum absolute atomic E-state index is 0.0663. The molecule has 2 atom stereocenters. The summed E-state index contributed by atoms with van der Waals surface area (Å²) in [4.78, 5) is 0. The number of benzene rings is 2. The number of hydrogen-bond donors (Lipinski definition) is 5. The molecule has 0 aliphatic carbocycles. The van der Waals surface area contributed by atoms with E-state index >= 15 is 0 Å². The molecule has 0 aromatic heterocycles. The van der Waals surface area contributed by atoms with Crippen molar-refractivity contribution in [2.45, 2.75) is 59.2 Å². The third-order valence-electron chi connectivity index (χ3n) is 6.13. The molecule has 1 aliphatic rings. The summed E-state index contributed by atoms with van der Waals surface area (Å²) in [5, 5.41) is 52.7. The normalized spacial score (nSPS) is 24.7. The molecule has 158 valence electrons. The molecule has 29 heavy (non-hydrogen) atoms. The Balaban J connectivity index is 2.44. The summed E-state index contributed by atoms with van der Waals surface area (Å²) in [5.74, 6) is -0.643. The third kappa shape index (κ3) is 2.89. The molecular formula is C23H30O6. The van der Waals surface area contributed by atoms with Crippen molar-refractivity contribution in [2.24, 2.45) is 10.8 Å². The number of aromatic hydroxyl groups is 4. The first-order chi connectivity index (χ1) is 13.1. The molecule has 5 N–H and O–H groups in total. The molecule has 6 heteroatoms. The zero-order chi connectivity index (χ0) is 22.0. The van der Waals surface area contributed by atoms with Crippen LogP contribution >= 0.6 is 0 Å². The topological polar surface area (TPSA) is 110 Å². The molecule has 0 saturated carbocycles. The van der Waals surface area contributed by atoms with Crippen LogP contribution in [0.1, 0.15) is 52.7 Å². The smallest absolute Gasteiger partial charge is 0.168 e. The summed E-state index contributed by atoms with van der Waals surface area (Å²) in [6.45, 7) is 11.4. The Morgan fingerprint density at radius 3 is 1.93 bits per heavy atom. The number of aliphatic hydroxyl groups is 1. The summed E-state index contributed by atoms with van der Waals surface area (Å²) in [5.41, 5.74) is -3.43. The molecule has 3 rings (SSSR count). The molecule has 2 unspecified atom stereocenters. The lowest BCUT2D eigenvalue weighted by atomic mass is 9.53. The third-order valence-corrected chi connectivity index (χ3v) is 6.13. The summed E-state index contributed by atoms with van der Waals surface area (Å²) < 4.78 is 6.51. The van der Waals surface area contributed by atoms with E-state index in [1.807, 2.05) is 41.5 Å². The fourth-order valence-electron chi connectivity index (χ4n) is 4.55. The molecule has 2 aromatic carbocycles. The van der Waals surface area contributed by atoms with E-state index < -0.39 is 22.0 Å². The van der Waals surface area contributed by atoms with Gasteiger partial charge in [-0.2, -0.15) is 0 Å². The molecule has 0 fully saturated rings. The summed E-state index contributed by atoms with van der Waals surface area (Å²) in [6.07, 6.45) is 0.0663. The van der Waals surface area contributed by atoms with Crippen LogP contribution in [0.5, 0.6) is 28.7 Å². The predicted octanol–water partition coefficient (Wildman–Crippen LogP) is 4.16. The highest BCUT2D eigenvalue weighted by Gasteiger charge is 2.67. The van der Waals surface area contributed by atoms with Crippen LogP contribution in [0.2, 0.25) is 0 Å². The minimum Gasteiger partial charge on any atom is -0.508 e. The first-order valence-corrected chi connectivity index (χ1v) is 9.63.